The van der Waals surface area contributed by atoms with Crippen LogP contribution in [0, 0.1) is 0 Å². The summed E-state index contributed by atoms with van der Waals surface area (Å²) in [5, 5.41) is 6.00. The Morgan fingerprint density at radius 3 is 2.55 bits per heavy atom. The lowest BCUT2D eigenvalue weighted by Gasteiger charge is -2.29. The molecule has 3 aromatic carbocycles. The highest BCUT2D eigenvalue weighted by Gasteiger charge is 2.26. The average Bonchev–Trinajstić information content (AvgIpc) is 2.76. The molecule has 3 aromatic rings. The Morgan fingerprint density at radius 2 is 1.77 bits per heavy atom. The number of carbonyl (C=O) groups is 2. The number of urea groups is 1. The minimum Gasteiger partial charge on any atom is -0.492 e. The van der Waals surface area contributed by atoms with E-state index < -0.39 is 6.03 Å². The second kappa shape index (κ2) is 9.40. The van der Waals surface area contributed by atoms with Gasteiger partial charge in [-0.2, -0.15) is 0 Å². The van der Waals surface area contributed by atoms with Gasteiger partial charge in [-0.3, -0.25) is 4.79 Å². The predicted molar refractivity (Wildman–Crippen MR) is 120 cm³/mol. The first kappa shape index (κ1) is 20.6. The Bertz CT molecular complexity index is 1090. The van der Waals surface area contributed by atoms with Crippen LogP contribution in [-0.4, -0.2) is 31.7 Å². The molecular formula is C23H20ClN3O4. The summed E-state index contributed by atoms with van der Waals surface area (Å²) >= 11 is 5.95. The zero-order chi connectivity index (χ0) is 21.6. The molecule has 158 valence electrons. The second-order valence-electron chi connectivity index (χ2n) is 6.77. The fourth-order valence-electron chi connectivity index (χ4n) is 3.16. The van der Waals surface area contributed by atoms with Crippen molar-refractivity contribution < 1.29 is 19.1 Å². The summed E-state index contributed by atoms with van der Waals surface area (Å²) in [6, 6.07) is 21.0. The number of para-hydroxylation sites is 1. The Hall–Kier alpha value is -3.71. The maximum absolute atomic E-state index is 12.4. The molecule has 3 amide bonds. The molecule has 0 saturated carbocycles. The summed E-state index contributed by atoms with van der Waals surface area (Å²) in [7, 11) is 0. The number of ether oxygens (including phenoxy) is 2. The first-order valence-corrected chi connectivity index (χ1v) is 10.0. The van der Waals surface area contributed by atoms with Crippen molar-refractivity contribution in [1.82, 2.24) is 0 Å². The highest BCUT2D eigenvalue weighted by molar-refractivity contribution is 6.30. The molecule has 7 nitrogen and oxygen atoms in total. The van der Waals surface area contributed by atoms with Crippen molar-refractivity contribution >= 4 is 40.6 Å². The number of benzene rings is 3. The van der Waals surface area contributed by atoms with Crippen LogP contribution in [0.5, 0.6) is 11.5 Å². The van der Waals surface area contributed by atoms with E-state index in [9.17, 15) is 9.59 Å². The highest BCUT2D eigenvalue weighted by atomic mass is 35.5. The van der Waals surface area contributed by atoms with Crippen LogP contribution in [0.1, 0.15) is 0 Å². The third-order valence-electron chi connectivity index (χ3n) is 4.57. The molecule has 0 aliphatic carbocycles. The number of amides is 3. The van der Waals surface area contributed by atoms with Crippen LogP contribution < -0.4 is 25.0 Å². The van der Waals surface area contributed by atoms with Gasteiger partial charge in [0, 0.05) is 16.4 Å². The number of fused-ring (bicyclic) bond motifs is 1. The first-order chi connectivity index (χ1) is 15.1. The molecule has 0 atom stereocenters. The van der Waals surface area contributed by atoms with Crippen LogP contribution in [0.2, 0.25) is 5.02 Å². The van der Waals surface area contributed by atoms with E-state index in [1.807, 2.05) is 30.3 Å². The van der Waals surface area contributed by atoms with Crippen molar-refractivity contribution in [1.29, 1.82) is 0 Å². The second-order valence-corrected chi connectivity index (χ2v) is 7.20. The molecule has 0 unspecified atom stereocenters. The van der Waals surface area contributed by atoms with Crippen molar-refractivity contribution in [3.05, 3.63) is 77.8 Å². The minimum atomic E-state index is -0.427. The summed E-state index contributed by atoms with van der Waals surface area (Å²) in [4.78, 5) is 26.4. The third-order valence-corrected chi connectivity index (χ3v) is 4.80. The molecule has 0 radical (unpaired) electrons. The van der Waals surface area contributed by atoms with Gasteiger partial charge in [-0.1, -0.05) is 35.9 Å². The molecule has 0 bridgehead atoms. The van der Waals surface area contributed by atoms with Gasteiger partial charge in [-0.05, 0) is 48.5 Å². The number of rotatable bonds is 6. The fraction of sp³-hybridized carbons (Fsp3) is 0.130. The van der Waals surface area contributed by atoms with Gasteiger partial charge in [0.05, 0.1) is 12.2 Å². The van der Waals surface area contributed by atoms with Crippen LogP contribution in [0.15, 0.2) is 72.8 Å². The van der Waals surface area contributed by atoms with Crippen LogP contribution in [0.4, 0.5) is 21.9 Å². The lowest BCUT2D eigenvalue weighted by atomic mass is 10.2. The molecule has 4 rings (SSSR count). The first-order valence-electron chi connectivity index (χ1n) is 9.67. The SMILES string of the molecule is O=C(Nc1cccc(Cl)c1)Nc1ccc2c(c1)N(CCOc1ccccc1)C(=O)CO2. The van der Waals surface area contributed by atoms with E-state index in [-0.39, 0.29) is 12.5 Å². The van der Waals surface area contributed by atoms with E-state index in [0.29, 0.717) is 41.0 Å². The lowest BCUT2D eigenvalue weighted by Crippen LogP contribution is -2.41. The number of nitrogens with one attached hydrogen (secondary N) is 2. The number of nitrogens with zero attached hydrogens (tertiary/aromatic N) is 1. The van der Waals surface area contributed by atoms with Gasteiger partial charge in [0.25, 0.3) is 5.91 Å². The Morgan fingerprint density at radius 1 is 1.00 bits per heavy atom. The Labute approximate surface area is 184 Å². The fourth-order valence-corrected chi connectivity index (χ4v) is 3.35. The van der Waals surface area contributed by atoms with Gasteiger partial charge >= 0.3 is 6.03 Å². The predicted octanol–water partition coefficient (Wildman–Crippen LogP) is 4.79. The van der Waals surface area contributed by atoms with E-state index >= 15 is 0 Å². The Kier molecular flexibility index (Phi) is 6.24. The van der Waals surface area contributed by atoms with E-state index in [1.54, 1.807) is 47.4 Å². The highest BCUT2D eigenvalue weighted by Crippen LogP contribution is 2.34. The Balaban J connectivity index is 1.43. The summed E-state index contributed by atoms with van der Waals surface area (Å²) in [6.07, 6.45) is 0. The van der Waals surface area contributed by atoms with Crippen molar-refractivity contribution in [3.63, 3.8) is 0 Å². The van der Waals surface area contributed by atoms with E-state index in [4.69, 9.17) is 21.1 Å². The summed E-state index contributed by atoms with van der Waals surface area (Å²) in [6.45, 7) is 0.630. The van der Waals surface area contributed by atoms with Crippen molar-refractivity contribution in [2.24, 2.45) is 0 Å². The summed E-state index contributed by atoms with van der Waals surface area (Å²) in [5.74, 6) is 1.13. The van der Waals surface area contributed by atoms with Crippen LogP contribution in [0.25, 0.3) is 0 Å². The van der Waals surface area contributed by atoms with Gasteiger partial charge in [0.15, 0.2) is 6.61 Å². The van der Waals surface area contributed by atoms with E-state index in [1.165, 1.54) is 0 Å². The monoisotopic (exact) mass is 437 g/mol. The molecule has 2 N–H and O–H groups in total. The van der Waals surface area contributed by atoms with Crippen LogP contribution >= 0.6 is 11.6 Å². The van der Waals surface area contributed by atoms with Crippen LogP contribution in [-0.2, 0) is 4.79 Å². The number of carbonyl (C=O) groups excluding carboxylic acids is 2. The molecule has 8 heteroatoms. The summed E-state index contributed by atoms with van der Waals surface area (Å²) < 4.78 is 11.2. The molecule has 1 aliphatic rings. The number of hydrogen-bond acceptors (Lipinski definition) is 4. The zero-order valence-electron chi connectivity index (χ0n) is 16.5. The third kappa shape index (κ3) is 5.26. The summed E-state index contributed by atoms with van der Waals surface area (Å²) in [5.41, 5.74) is 1.67. The number of halogens is 1. The topological polar surface area (TPSA) is 79.9 Å². The minimum absolute atomic E-state index is 0.0413. The van der Waals surface area contributed by atoms with E-state index in [0.717, 1.165) is 5.75 Å². The number of anilines is 3. The van der Waals surface area contributed by atoms with Crippen molar-refractivity contribution in [2.75, 3.05) is 35.3 Å². The quantitative estimate of drug-likeness (QED) is 0.581. The van der Waals surface area contributed by atoms with Crippen LogP contribution in [0.3, 0.4) is 0 Å². The van der Waals surface area contributed by atoms with Gasteiger partial charge in [-0.15, -0.1) is 0 Å². The molecule has 31 heavy (non-hydrogen) atoms. The van der Waals surface area contributed by atoms with Crippen molar-refractivity contribution in [2.45, 2.75) is 0 Å². The van der Waals surface area contributed by atoms with Gasteiger partial charge in [-0.25, -0.2) is 4.79 Å². The molecular weight excluding hydrogens is 418 g/mol. The molecule has 0 fully saturated rings. The molecule has 1 aliphatic heterocycles. The lowest BCUT2D eigenvalue weighted by molar-refractivity contribution is -0.121. The van der Waals surface area contributed by atoms with Crippen molar-refractivity contribution in [3.8, 4) is 11.5 Å². The normalized spacial score (nSPS) is 12.5. The molecule has 0 aromatic heterocycles. The maximum atomic E-state index is 12.4. The zero-order valence-corrected chi connectivity index (χ0v) is 17.3. The van der Waals surface area contributed by atoms with E-state index in [2.05, 4.69) is 10.6 Å². The molecule has 1 heterocycles. The maximum Gasteiger partial charge on any atom is 0.323 e. The van der Waals surface area contributed by atoms with Gasteiger partial charge in [0.1, 0.15) is 18.1 Å². The largest absolute Gasteiger partial charge is 0.492 e. The molecule has 0 saturated heterocycles. The molecule has 0 spiro atoms. The van der Waals surface area contributed by atoms with Gasteiger partial charge in [0.2, 0.25) is 0 Å². The average molecular weight is 438 g/mol. The number of hydrogen-bond donors (Lipinski definition) is 2. The standard InChI is InChI=1S/C23H20ClN3O4/c24-16-5-4-6-17(13-16)25-23(29)26-18-9-10-21-20(14-18)27(22(28)15-31-21)11-12-30-19-7-2-1-3-8-19/h1-10,13-14H,11-12,15H2,(H2,25,26,29). The smallest absolute Gasteiger partial charge is 0.323 e. The van der Waals surface area contributed by atoms with Gasteiger partial charge < -0.3 is 25.0 Å².